The van der Waals surface area contributed by atoms with Gasteiger partial charge >= 0.3 is 0 Å². The molecule has 0 aliphatic heterocycles. The summed E-state index contributed by atoms with van der Waals surface area (Å²) in [5.74, 6) is 7.53. The van der Waals surface area contributed by atoms with Crippen molar-refractivity contribution in [3.63, 3.8) is 0 Å². The van der Waals surface area contributed by atoms with E-state index < -0.39 is 5.60 Å². The van der Waals surface area contributed by atoms with Crippen molar-refractivity contribution in [3.8, 4) is 11.8 Å². The number of fused-ring (bicyclic) bond motifs is 4. The average molecular weight is 585 g/mol. The third-order valence-electron chi connectivity index (χ3n) is 10.3. The van der Waals surface area contributed by atoms with Gasteiger partial charge in [-0.2, -0.15) is 0 Å². The van der Waals surface area contributed by atoms with Crippen LogP contribution in [0.4, 0.5) is 11.4 Å². The molecule has 6 heteroatoms. The molecule has 0 saturated heterocycles. The van der Waals surface area contributed by atoms with Crippen LogP contribution in [0.15, 0.2) is 71.3 Å². The van der Waals surface area contributed by atoms with Crippen molar-refractivity contribution in [2.45, 2.75) is 70.3 Å². The van der Waals surface area contributed by atoms with E-state index in [9.17, 15) is 9.90 Å². The van der Waals surface area contributed by atoms with Crippen LogP contribution >= 0.6 is 23.8 Å². The minimum atomic E-state index is -0.973. The maximum Gasteiger partial charge on any atom is 0.177 e. The number of rotatable bonds is 3. The monoisotopic (exact) mass is 584 g/mol. The van der Waals surface area contributed by atoms with Crippen LogP contribution in [-0.2, 0) is 4.79 Å². The summed E-state index contributed by atoms with van der Waals surface area (Å²) in [6.45, 7) is 4.11. The topological polar surface area (TPSA) is 52.6 Å². The lowest BCUT2D eigenvalue weighted by Gasteiger charge is -2.53. The molecule has 0 radical (unpaired) electrons. The van der Waals surface area contributed by atoms with Gasteiger partial charge in [-0.3, -0.25) is 4.79 Å². The number of carbonyl (C=O) groups is 1. The number of aliphatic hydroxyl groups is 1. The van der Waals surface area contributed by atoms with Gasteiger partial charge in [0.2, 0.25) is 0 Å². The Hall–Kier alpha value is -2.91. The minimum absolute atomic E-state index is 0.176. The smallest absolute Gasteiger partial charge is 0.177 e. The van der Waals surface area contributed by atoms with Crippen molar-refractivity contribution in [2.75, 3.05) is 17.3 Å². The summed E-state index contributed by atoms with van der Waals surface area (Å²) in [6, 6.07) is 16.2. The number of allylic oxidation sites excluding steroid dienone is 4. The fraction of sp³-hybridized carbons (Fsp3) is 0.429. The van der Waals surface area contributed by atoms with Crippen LogP contribution < -0.4 is 10.2 Å². The third-order valence-corrected chi connectivity index (χ3v) is 10.9. The number of ketones is 1. The summed E-state index contributed by atoms with van der Waals surface area (Å²) in [6.07, 6.45) is 7.90. The zero-order valence-corrected chi connectivity index (χ0v) is 25.5. The molecule has 4 aliphatic carbocycles. The van der Waals surface area contributed by atoms with Gasteiger partial charge in [0.15, 0.2) is 10.9 Å². The summed E-state index contributed by atoms with van der Waals surface area (Å²) < 4.78 is 0. The molecule has 2 N–H and O–H groups in total. The molecular formula is C35H37ClN2O2S. The Kier molecular flexibility index (Phi) is 7.39. The zero-order valence-electron chi connectivity index (χ0n) is 24.0. The number of nitrogens with zero attached hydrogens (tertiary/aromatic N) is 1. The molecular weight excluding hydrogens is 548 g/mol. The standard InChI is InChI=1S/C35H37ClN2O2S/c1-4-18-35(40)19-17-31-29-15-7-23-20-27(39)14-16-28(23)32(29)30(21-34(31,35)2)22-5-12-26(13-6-22)38(3)33(41)37-25-10-8-24(36)9-11-25/h5-6,8-13,20,29-31,40H,7,14-17,19,21H2,1-3H3,(H,37,41)/t29-,30+,31-,34-,35-/m0/s1. The quantitative estimate of drug-likeness (QED) is 0.284. The Morgan fingerprint density at radius 2 is 1.83 bits per heavy atom. The maximum absolute atomic E-state index is 12.3. The van der Waals surface area contributed by atoms with Crippen LogP contribution in [0.5, 0.6) is 0 Å². The Morgan fingerprint density at radius 1 is 1.10 bits per heavy atom. The number of hydrogen-bond donors (Lipinski definition) is 2. The number of anilines is 2. The Balaban J connectivity index is 1.35. The third kappa shape index (κ3) is 4.84. The van der Waals surface area contributed by atoms with E-state index in [1.54, 1.807) is 0 Å². The highest BCUT2D eigenvalue weighted by Crippen LogP contribution is 2.66. The average Bonchev–Trinajstić information content (AvgIpc) is 3.23. The van der Waals surface area contributed by atoms with Gasteiger partial charge in [0.1, 0.15) is 5.60 Å². The van der Waals surface area contributed by atoms with Crippen LogP contribution in [0, 0.1) is 29.1 Å². The van der Waals surface area contributed by atoms with E-state index in [0.29, 0.717) is 28.4 Å². The largest absolute Gasteiger partial charge is 0.377 e. The van der Waals surface area contributed by atoms with E-state index in [1.807, 2.05) is 49.2 Å². The van der Waals surface area contributed by atoms with Crippen LogP contribution in [0.25, 0.3) is 0 Å². The molecule has 212 valence electrons. The zero-order chi connectivity index (χ0) is 28.9. The van der Waals surface area contributed by atoms with Gasteiger partial charge in [0.25, 0.3) is 0 Å². The molecule has 4 aliphatic rings. The van der Waals surface area contributed by atoms with Gasteiger partial charge < -0.3 is 15.3 Å². The molecule has 0 spiro atoms. The minimum Gasteiger partial charge on any atom is -0.377 e. The molecule has 2 fully saturated rings. The van der Waals surface area contributed by atoms with E-state index in [0.717, 1.165) is 49.9 Å². The van der Waals surface area contributed by atoms with E-state index >= 15 is 0 Å². The van der Waals surface area contributed by atoms with Gasteiger partial charge in [-0.25, -0.2) is 0 Å². The lowest BCUT2D eigenvalue weighted by atomic mass is 9.51. The van der Waals surface area contributed by atoms with E-state index in [1.165, 1.54) is 22.3 Å². The molecule has 0 aromatic heterocycles. The van der Waals surface area contributed by atoms with Gasteiger partial charge in [-0.05, 0) is 129 Å². The molecule has 0 unspecified atom stereocenters. The predicted molar refractivity (Wildman–Crippen MR) is 171 cm³/mol. The van der Waals surface area contributed by atoms with Crippen molar-refractivity contribution in [1.82, 2.24) is 0 Å². The summed E-state index contributed by atoms with van der Waals surface area (Å²) in [5.41, 5.74) is 6.06. The normalized spacial score (nSPS) is 30.3. The highest BCUT2D eigenvalue weighted by Gasteiger charge is 2.62. The summed E-state index contributed by atoms with van der Waals surface area (Å²) in [5, 5.41) is 16.5. The number of halogens is 1. The van der Waals surface area contributed by atoms with Crippen LogP contribution in [0.3, 0.4) is 0 Å². The molecule has 0 amide bonds. The van der Waals surface area contributed by atoms with Crippen LogP contribution in [0.1, 0.15) is 70.3 Å². The fourth-order valence-corrected chi connectivity index (χ4v) is 8.51. The summed E-state index contributed by atoms with van der Waals surface area (Å²) in [4.78, 5) is 14.3. The first-order valence-corrected chi connectivity index (χ1v) is 15.5. The Morgan fingerprint density at radius 3 is 2.54 bits per heavy atom. The molecule has 2 aromatic carbocycles. The maximum atomic E-state index is 12.3. The molecule has 0 heterocycles. The first-order chi connectivity index (χ1) is 19.6. The van der Waals surface area contributed by atoms with E-state index in [4.69, 9.17) is 23.8 Å². The number of carbonyl (C=O) groups excluding carboxylic acids is 1. The van der Waals surface area contributed by atoms with Crippen LogP contribution in [0.2, 0.25) is 5.02 Å². The van der Waals surface area contributed by atoms with Crippen LogP contribution in [-0.4, -0.2) is 28.7 Å². The number of hydrogen-bond acceptors (Lipinski definition) is 3. The SMILES string of the molecule is CC#C[C@]1(O)CC[C@H]2[C@@H]3CCC4=CC(=O)CCC4=C3[C@@H](c3ccc(N(C)C(=S)Nc4ccc(Cl)cc4)cc3)C[C@@]21C. The summed E-state index contributed by atoms with van der Waals surface area (Å²) >= 11 is 11.7. The first-order valence-electron chi connectivity index (χ1n) is 14.7. The second-order valence-corrected chi connectivity index (χ2v) is 13.2. The molecule has 41 heavy (non-hydrogen) atoms. The van der Waals surface area contributed by atoms with Gasteiger partial charge in [-0.1, -0.05) is 42.2 Å². The van der Waals surface area contributed by atoms with E-state index in [-0.39, 0.29) is 17.1 Å². The fourth-order valence-electron chi connectivity index (χ4n) is 8.16. The summed E-state index contributed by atoms with van der Waals surface area (Å²) in [7, 11) is 1.96. The van der Waals surface area contributed by atoms with Crippen molar-refractivity contribution in [3.05, 3.63) is 81.9 Å². The van der Waals surface area contributed by atoms with Crippen molar-refractivity contribution >= 4 is 46.1 Å². The second kappa shape index (κ2) is 10.7. The number of nitrogens with one attached hydrogen (secondary N) is 1. The Bertz CT molecular complexity index is 1520. The Labute approximate surface area is 253 Å². The van der Waals surface area contributed by atoms with Crippen molar-refractivity contribution < 1.29 is 9.90 Å². The van der Waals surface area contributed by atoms with Gasteiger partial charge in [0.05, 0.1) is 0 Å². The highest BCUT2D eigenvalue weighted by atomic mass is 35.5. The van der Waals surface area contributed by atoms with Crippen molar-refractivity contribution in [1.29, 1.82) is 0 Å². The molecule has 2 aromatic rings. The van der Waals surface area contributed by atoms with Crippen molar-refractivity contribution in [2.24, 2.45) is 17.3 Å². The predicted octanol–water partition coefficient (Wildman–Crippen LogP) is 7.83. The number of thiocarbonyl (C=S) groups is 1. The highest BCUT2D eigenvalue weighted by molar-refractivity contribution is 7.80. The van der Waals surface area contributed by atoms with Gasteiger partial charge in [0, 0.05) is 41.2 Å². The molecule has 4 nitrogen and oxygen atoms in total. The molecule has 2 saturated carbocycles. The lowest BCUT2D eigenvalue weighted by Crippen LogP contribution is -2.51. The molecule has 6 rings (SSSR count). The van der Waals surface area contributed by atoms with E-state index in [2.05, 4.69) is 48.3 Å². The first kappa shape index (κ1) is 28.2. The second-order valence-electron chi connectivity index (χ2n) is 12.4. The number of benzene rings is 2. The van der Waals surface area contributed by atoms with Gasteiger partial charge in [-0.15, -0.1) is 5.92 Å². The molecule has 5 atom stereocenters. The molecule has 0 bridgehead atoms. The lowest BCUT2D eigenvalue weighted by molar-refractivity contribution is -0.114.